The normalized spacial score (nSPS) is 12.3. The van der Waals surface area contributed by atoms with Crippen molar-refractivity contribution in [2.75, 3.05) is 11.9 Å². The second-order valence-electron chi connectivity index (χ2n) is 4.49. The number of nitrogens with one attached hydrogen (secondary N) is 2. The van der Waals surface area contributed by atoms with Gasteiger partial charge < -0.3 is 15.7 Å². The van der Waals surface area contributed by atoms with Crippen LogP contribution >= 0.6 is 23.4 Å². The number of carbonyl (C=O) groups excluding carboxylic acids is 1. The second-order valence-corrected chi connectivity index (χ2v) is 6.54. The first-order valence-corrected chi connectivity index (χ1v) is 7.32. The van der Waals surface area contributed by atoms with Crippen LogP contribution in [0.3, 0.4) is 0 Å². The number of halogens is 1. The van der Waals surface area contributed by atoms with Crippen molar-refractivity contribution >= 4 is 35.1 Å². The van der Waals surface area contributed by atoms with Crippen molar-refractivity contribution in [2.24, 2.45) is 0 Å². The highest BCUT2D eigenvalue weighted by Gasteiger charge is 2.11. The van der Waals surface area contributed by atoms with Crippen LogP contribution in [0.25, 0.3) is 0 Å². The van der Waals surface area contributed by atoms with Gasteiger partial charge in [0.05, 0.1) is 18.3 Å². The zero-order chi connectivity index (χ0) is 14.4. The standard InChI is InChI=1S/C13H19ClN2O2S/c1-8(2)19-12-5-4-10(14)6-11(12)16-13(18)15-9(3)7-17/h4-6,8-9,17H,7H2,1-3H3,(H2,15,16,18). The molecule has 0 aromatic heterocycles. The number of anilines is 1. The van der Waals surface area contributed by atoms with Gasteiger partial charge in [-0.05, 0) is 25.1 Å². The van der Waals surface area contributed by atoms with Gasteiger partial charge in [0.1, 0.15) is 0 Å². The molecule has 0 spiro atoms. The van der Waals surface area contributed by atoms with Crippen molar-refractivity contribution in [3.63, 3.8) is 0 Å². The zero-order valence-electron chi connectivity index (χ0n) is 11.2. The van der Waals surface area contributed by atoms with Crippen LogP contribution in [-0.4, -0.2) is 29.0 Å². The highest BCUT2D eigenvalue weighted by Crippen LogP contribution is 2.32. The fraction of sp³-hybridized carbons (Fsp3) is 0.462. The smallest absolute Gasteiger partial charge is 0.319 e. The number of hydrogen-bond donors (Lipinski definition) is 3. The number of benzene rings is 1. The molecule has 19 heavy (non-hydrogen) atoms. The van der Waals surface area contributed by atoms with Gasteiger partial charge in [0, 0.05) is 15.2 Å². The first-order valence-electron chi connectivity index (χ1n) is 6.07. The van der Waals surface area contributed by atoms with Crippen LogP contribution < -0.4 is 10.6 Å². The fourth-order valence-corrected chi connectivity index (χ4v) is 2.45. The summed E-state index contributed by atoms with van der Waals surface area (Å²) in [6.07, 6.45) is 0. The van der Waals surface area contributed by atoms with E-state index < -0.39 is 0 Å². The summed E-state index contributed by atoms with van der Waals surface area (Å²) in [6, 6.07) is 4.76. The maximum atomic E-state index is 11.7. The average molecular weight is 303 g/mol. The Hall–Kier alpha value is -0.910. The lowest BCUT2D eigenvalue weighted by molar-refractivity contribution is 0.229. The van der Waals surface area contributed by atoms with E-state index in [9.17, 15) is 4.79 Å². The van der Waals surface area contributed by atoms with E-state index in [1.165, 1.54) is 0 Å². The van der Waals surface area contributed by atoms with E-state index in [0.29, 0.717) is 16.0 Å². The van der Waals surface area contributed by atoms with Crippen LogP contribution in [-0.2, 0) is 0 Å². The lowest BCUT2D eigenvalue weighted by Crippen LogP contribution is -2.38. The summed E-state index contributed by atoms with van der Waals surface area (Å²) < 4.78 is 0. The molecule has 2 amide bonds. The second kappa shape index (κ2) is 7.62. The van der Waals surface area contributed by atoms with E-state index in [4.69, 9.17) is 16.7 Å². The summed E-state index contributed by atoms with van der Waals surface area (Å²) in [5.41, 5.74) is 0.675. The molecule has 3 N–H and O–H groups in total. The van der Waals surface area contributed by atoms with Crippen LogP contribution in [0, 0.1) is 0 Å². The summed E-state index contributed by atoms with van der Waals surface area (Å²) in [6.45, 7) is 5.78. The fourth-order valence-electron chi connectivity index (χ4n) is 1.38. The van der Waals surface area contributed by atoms with Crippen molar-refractivity contribution in [1.82, 2.24) is 5.32 Å². The Morgan fingerprint density at radius 2 is 2.11 bits per heavy atom. The third-order valence-electron chi connectivity index (χ3n) is 2.20. The molecule has 1 rings (SSSR count). The van der Waals surface area contributed by atoms with Gasteiger partial charge >= 0.3 is 6.03 Å². The van der Waals surface area contributed by atoms with Gasteiger partial charge in [0.15, 0.2) is 0 Å². The van der Waals surface area contributed by atoms with Gasteiger partial charge in [0.2, 0.25) is 0 Å². The summed E-state index contributed by atoms with van der Waals surface area (Å²) in [5.74, 6) is 0. The van der Waals surface area contributed by atoms with Crippen LogP contribution in [0.5, 0.6) is 0 Å². The van der Waals surface area contributed by atoms with Gasteiger partial charge in [-0.25, -0.2) is 4.79 Å². The molecule has 0 heterocycles. The van der Waals surface area contributed by atoms with Gasteiger partial charge in [-0.2, -0.15) is 0 Å². The number of carbonyl (C=O) groups is 1. The van der Waals surface area contributed by atoms with E-state index in [1.54, 1.807) is 30.8 Å². The Kier molecular flexibility index (Phi) is 6.48. The molecule has 6 heteroatoms. The molecule has 0 saturated carbocycles. The van der Waals surface area contributed by atoms with Crippen molar-refractivity contribution in [3.05, 3.63) is 23.2 Å². The van der Waals surface area contributed by atoms with Crippen molar-refractivity contribution in [1.29, 1.82) is 0 Å². The molecule has 0 saturated heterocycles. The minimum Gasteiger partial charge on any atom is -0.394 e. The molecule has 106 valence electrons. The van der Waals surface area contributed by atoms with Crippen LogP contribution in [0.2, 0.25) is 5.02 Å². The Bertz CT molecular complexity index is 441. The van der Waals surface area contributed by atoms with E-state index in [-0.39, 0.29) is 18.7 Å². The van der Waals surface area contributed by atoms with Crippen LogP contribution in [0.1, 0.15) is 20.8 Å². The number of hydrogen-bond acceptors (Lipinski definition) is 3. The third-order valence-corrected chi connectivity index (χ3v) is 3.52. The number of thioether (sulfide) groups is 1. The number of aliphatic hydroxyl groups is 1. The molecule has 0 aliphatic heterocycles. The van der Waals surface area contributed by atoms with E-state index in [0.717, 1.165) is 4.90 Å². The molecular formula is C13H19ClN2O2S. The number of rotatable bonds is 5. The SMILES string of the molecule is CC(CO)NC(=O)Nc1cc(Cl)ccc1SC(C)C. The maximum Gasteiger partial charge on any atom is 0.319 e. The molecule has 0 aliphatic rings. The highest BCUT2D eigenvalue weighted by atomic mass is 35.5. The van der Waals surface area contributed by atoms with Gasteiger partial charge in [-0.15, -0.1) is 11.8 Å². The summed E-state index contributed by atoms with van der Waals surface area (Å²) in [4.78, 5) is 12.7. The molecule has 1 atom stereocenters. The molecule has 1 aromatic rings. The topological polar surface area (TPSA) is 61.4 Å². The molecule has 4 nitrogen and oxygen atoms in total. The molecule has 0 radical (unpaired) electrons. The molecule has 0 bridgehead atoms. The Labute approximate surface area is 122 Å². The van der Waals surface area contributed by atoms with Gasteiger partial charge in [-0.1, -0.05) is 25.4 Å². The first kappa shape index (κ1) is 16.1. The number of urea groups is 1. The first-order chi connectivity index (χ1) is 8.92. The molecule has 0 fully saturated rings. The van der Waals surface area contributed by atoms with E-state index in [2.05, 4.69) is 24.5 Å². The highest BCUT2D eigenvalue weighted by molar-refractivity contribution is 8.00. The lowest BCUT2D eigenvalue weighted by Gasteiger charge is -2.15. The minimum atomic E-state index is -0.352. The van der Waals surface area contributed by atoms with Crippen LogP contribution in [0.15, 0.2) is 23.1 Å². The largest absolute Gasteiger partial charge is 0.394 e. The van der Waals surface area contributed by atoms with Crippen molar-refractivity contribution in [3.8, 4) is 0 Å². The predicted octanol–water partition coefficient (Wildman–Crippen LogP) is 3.34. The number of amides is 2. The van der Waals surface area contributed by atoms with Crippen molar-refractivity contribution in [2.45, 2.75) is 37.0 Å². The summed E-state index contributed by atoms with van der Waals surface area (Å²) in [7, 11) is 0. The monoisotopic (exact) mass is 302 g/mol. The quantitative estimate of drug-likeness (QED) is 0.731. The van der Waals surface area contributed by atoms with E-state index >= 15 is 0 Å². The predicted molar refractivity (Wildman–Crippen MR) is 81.1 cm³/mol. The molecule has 1 aromatic carbocycles. The molecule has 1 unspecified atom stereocenters. The summed E-state index contributed by atoms with van der Waals surface area (Å²) >= 11 is 7.60. The Balaban J connectivity index is 2.80. The minimum absolute atomic E-state index is 0.101. The van der Waals surface area contributed by atoms with E-state index in [1.807, 2.05) is 6.07 Å². The zero-order valence-corrected chi connectivity index (χ0v) is 12.8. The summed E-state index contributed by atoms with van der Waals surface area (Å²) in [5, 5.41) is 15.3. The van der Waals surface area contributed by atoms with Gasteiger partial charge in [-0.3, -0.25) is 0 Å². The molecule has 0 aliphatic carbocycles. The molecular weight excluding hydrogens is 284 g/mol. The Morgan fingerprint density at radius 3 is 2.68 bits per heavy atom. The van der Waals surface area contributed by atoms with Gasteiger partial charge in [0.25, 0.3) is 0 Å². The van der Waals surface area contributed by atoms with Crippen molar-refractivity contribution < 1.29 is 9.90 Å². The van der Waals surface area contributed by atoms with Crippen LogP contribution in [0.4, 0.5) is 10.5 Å². The lowest BCUT2D eigenvalue weighted by atomic mass is 10.3. The average Bonchev–Trinajstić information content (AvgIpc) is 2.31. The third kappa shape index (κ3) is 5.72. The number of aliphatic hydroxyl groups excluding tert-OH is 1. The Morgan fingerprint density at radius 1 is 1.42 bits per heavy atom. The maximum absolute atomic E-state index is 11.7.